The first-order valence-corrected chi connectivity index (χ1v) is 7.48. The fraction of sp³-hybridized carbons (Fsp3) is 0.647. The summed E-state index contributed by atoms with van der Waals surface area (Å²) in [7, 11) is 0. The van der Waals surface area contributed by atoms with Crippen LogP contribution < -0.4 is 5.32 Å². The summed E-state index contributed by atoms with van der Waals surface area (Å²) < 4.78 is 5.85. The Morgan fingerprint density at radius 2 is 1.89 bits per heavy atom. The highest BCUT2D eigenvalue weighted by atomic mass is 16.5. The summed E-state index contributed by atoms with van der Waals surface area (Å²) in [5.74, 6) is 1.29. The molecule has 1 aromatic carbocycles. The molecule has 3 atom stereocenters. The molecule has 3 rings (SSSR count). The van der Waals surface area contributed by atoms with Gasteiger partial charge in [0.05, 0.1) is 6.10 Å². The zero-order valence-electron chi connectivity index (χ0n) is 12.4. The van der Waals surface area contributed by atoms with Crippen molar-refractivity contribution < 1.29 is 4.74 Å². The van der Waals surface area contributed by atoms with Crippen LogP contribution in [0.15, 0.2) is 24.3 Å². The number of rotatable bonds is 3. The Morgan fingerprint density at radius 3 is 2.53 bits per heavy atom. The molecular weight excluding hydrogens is 234 g/mol. The lowest BCUT2D eigenvalue weighted by molar-refractivity contribution is -0.0923. The van der Waals surface area contributed by atoms with Gasteiger partial charge >= 0.3 is 0 Å². The molecule has 1 aliphatic carbocycles. The number of benzene rings is 1. The summed E-state index contributed by atoms with van der Waals surface area (Å²) in [6.45, 7) is 10.0. The van der Waals surface area contributed by atoms with Crippen LogP contribution >= 0.6 is 0 Å². The molecule has 19 heavy (non-hydrogen) atoms. The SMILES string of the molecule is CC(C)c1ccc(NC2C3CCOC3C2(C)C)cc1. The summed E-state index contributed by atoms with van der Waals surface area (Å²) in [6, 6.07) is 9.45. The predicted octanol–water partition coefficient (Wildman–Crippen LogP) is 4.04. The Kier molecular flexibility index (Phi) is 3.09. The molecule has 2 fully saturated rings. The first-order valence-electron chi connectivity index (χ1n) is 7.48. The molecule has 104 valence electrons. The Labute approximate surface area is 116 Å². The number of nitrogens with one attached hydrogen (secondary N) is 1. The van der Waals surface area contributed by atoms with Crippen LogP contribution in [0.5, 0.6) is 0 Å². The van der Waals surface area contributed by atoms with Gasteiger partial charge in [0.2, 0.25) is 0 Å². The van der Waals surface area contributed by atoms with Crippen molar-refractivity contribution in [2.75, 3.05) is 11.9 Å². The van der Waals surface area contributed by atoms with E-state index in [2.05, 4.69) is 57.3 Å². The lowest BCUT2D eigenvalue weighted by Crippen LogP contribution is -2.63. The molecule has 1 saturated carbocycles. The third kappa shape index (κ3) is 2.06. The molecule has 1 N–H and O–H groups in total. The molecule has 1 aliphatic heterocycles. The second kappa shape index (κ2) is 4.52. The predicted molar refractivity (Wildman–Crippen MR) is 79.6 cm³/mol. The minimum atomic E-state index is 0.248. The third-order valence-corrected chi connectivity index (χ3v) is 5.00. The van der Waals surface area contributed by atoms with E-state index in [0.717, 1.165) is 6.61 Å². The van der Waals surface area contributed by atoms with Gasteiger partial charge in [0.1, 0.15) is 0 Å². The van der Waals surface area contributed by atoms with Crippen LogP contribution in [0.25, 0.3) is 0 Å². The van der Waals surface area contributed by atoms with Gasteiger partial charge in [0.15, 0.2) is 0 Å². The quantitative estimate of drug-likeness (QED) is 0.884. The van der Waals surface area contributed by atoms with Crippen molar-refractivity contribution in [3.63, 3.8) is 0 Å². The molecule has 2 nitrogen and oxygen atoms in total. The largest absolute Gasteiger partial charge is 0.381 e. The standard InChI is InChI=1S/C17H25NO/c1-11(2)12-5-7-13(8-6-12)18-15-14-9-10-19-16(14)17(15,3)4/h5-8,11,14-16,18H,9-10H2,1-4H3. The summed E-state index contributed by atoms with van der Waals surface area (Å²) in [5.41, 5.74) is 2.89. The highest BCUT2D eigenvalue weighted by Gasteiger charge is 2.59. The van der Waals surface area contributed by atoms with E-state index in [1.807, 2.05) is 0 Å². The van der Waals surface area contributed by atoms with Gasteiger partial charge in [0, 0.05) is 29.7 Å². The molecule has 0 aromatic heterocycles. The van der Waals surface area contributed by atoms with Crippen molar-refractivity contribution in [3.05, 3.63) is 29.8 Å². The van der Waals surface area contributed by atoms with Crippen molar-refractivity contribution in [2.45, 2.75) is 52.2 Å². The Morgan fingerprint density at radius 1 is 1.21 bits per heavy atom. The van der Waals surface area contributed by atoms with Crippen LogP contribution in [0, 0.1) is 11.3 Å². The first-order chi connectivity index (χ1) is 9.00. The van der Waals surface area contributed by atoms with Crippen molar-refractivity contribution >= 4 is 5.69 Å². The Balaban J connectivity index is 1.71. The molecule has 0 amide bonds. The lowest BCUT2D eigenvalue weighted by Gasteiger charge is -2.55. The van der Waals surface area contributed by atoms with Gasteiger partial charge in [0.25, 0.3) is 0 Å². The summed E-state index contributed by atoms with van der Waals surface area (Å²) in [4.78, 5) is 0. The molecule has 0 radical (unpaired) electrons. The Bertz CT molecular complexity index is 449. The second-order valence-electron chi connectivity index (χ2n) is 6.96. The molecule has 1 heterocycles. The maximum Gasteiger partial charge on any atom is 0.0694 e. The smallest absolute Gasteiger partial charge is 0.0694 e. The van der Waals surface area contributed by atoms with E-state index < -0.39 is 0 Å². The van der Waals surface area contributed by atoms with Gasteiger partial charge in [-0.05, 0) is 30.0 Å². The summed E-state index contributed by atoms with van der Waals surface area (Å²) >= 11 is 0. The zero-order valence-corrected chi connectivity index (χ0v) is 12.4. The van der Waals surface area contributed by atoms with E-state index >= 15 is 0 Å². The number of fused-ring (bicyclic) bond motifs is 1. The van der Waals surface area contributed by atoms with E-state index in [1.165, 1.54) is 17.7 Å². The lowest BCUT2D eigenvalue weighted by atomic mass is 9.57. The Hall–Kier alpha value is -1.02. The molecule has 0 bridgehead atoms. The van der Waals surface area contributed by atoms with Gasteiger partial charge in [-0.3, -0.25) is 0 Å². The van der Waals surface area contributed by atoms with Crippen molar-refractivity contribution in [3.8, 4) is 0 Å². The van der Waals surface area contributed by atoms with E-state index in [0.29, 0.717) is 24.0 Å². The molecule has 1 saturated heterocycles. The molecule has 3 unspecified atom stereocenters. The van der Waals surface area contributed by atoms with E-state index in [4.69, 9.17) is 4.74 Å². The highest BCUT2D eigenvalue weighted by molar-refractivity contribution is 5.47. The number of hydrogen-bond acceptors (Lipinski definition) is 2. The van der Waals surface area contributed by atoms with Crippen molar-refractivity contribution in [2.24, 2.45) is 11.3 Å². The first kappa shape index (κ1) is 13.0. The van der Waals surface area contributed by atoms with E-state index in [9.17, 15) is 0 Å². The molecule has 0 spiro atoms. The second-order valence-corrected chi connectivity index (χ2v) is 6.96. The van der Waals surface area contributed by atoms with Gasteiger partial charge in [-0.25, -0.2) is 0 Å². The molecule has 2 aliphatic rings. The molecule has 1 aromatic rings. The fourth-order valence-electron chi connectivity index (χ4n) is 3.76. The normalized spacial score (nSPS) is 31.9. The molecular formula is C17H25NO. The maximum atomic E-state index is 5.85. The van der Waals surface area contributed by atoms with Crippen LogP contribution in [0.2, 0.25) is 0 Å². The van der Waals surface area contributed by atoms with Crippen molar-refractivity contribution in [1.82, 2.24) is 0 Å². The van der Waals surface area contributed by atoms with Crippen molar-refractivity contribution in [1.29, 1.82) is 0 Å². The zero-order chi connectivity index (χ0) is 13.6. The fourth-order valence-corrected chi connectivity index (χ4v) is 3.76. The van der Waals surface area contributed by atoms with Gasteiger partial charge in [-0.15, -0.1) is 0 Å². The van der Waals surface area contributed by atoms with E-state index in [1.54, 1.807) is 0 Å². The van der Waals surface area contributed by atoms with Gasteiger partial charge < -0.3 is 10.1 Å². The maximum absolute atomic E-state index is 5.85. The minimum Gasteiger partial charge on any atom is -0.381 e. The van der Waals surface area contributed by atoms with Gasteiger partial charge in [-0.1, -0.05) is 39.8 Å². The van der Waals surface area contributed by atoms with Gasteiger partial charge in [-0.2, -0.15) is 0 Å². The number of hydrogen-bond donors (Lipinski definition) is 1. The summed E-state index contributed by atoms with van der Waals surface area (Å²) in [6.07, 6.45) is 1.66. The number of ether oxygens (including phenoxy) is 1. The summed E-state index contributed by atoms with van der Waals surface area (Å²) in [5, 5.41) is 3.73. The highest BCUT2D eigenvalue weighted by Crippen LogP contribution is 2.53. The topological polar surface area (TPSA) is 21.3 Å². The van der Waals surface area contributed by atoms with Crippen LogP contribution in [0.3, 0.4) is 0 Å². The monoisotopic (exact) mass is 259 g/mol. The minimum absolute atomic E-state index is 0.248. The van der Waals surface area contributed by atoms with Crippen LogP contribution in [0.1, 0.15) is 45.6 Å². The van der Waals surface area contributed by atoms with E-state index in [-0.39, 0.29) is 5.41 Å². The third-order valence-electron chi connectivity index (χ3n) is 5.00. The van der Waals surface area contributed by atoms with Crippen LogP contribution in [-0.2, 0) is 4.74 Å². The van der Waals surface area contributed by atoms with Crippen LogP contribution in [-0.4, -0.2) is 18.8 Å². The molecule has 2 heteroatoms. The average molecular weight is 259 g/mol. The van der Waals surface area contributed by atoms with Crippen LogP contribution in [0.4, 0.5) is 5.69 Å². The number of anilines is 1. The average Bonchev–Trinajstić information content (AvgIpc) is 2.83.